The number of aromatic amines is 1. The molecule has 0 bridgehead atoms. The minimum atomic E-state index is -0.124. The van der Waals surface area contributed by atoms with E-state index in [1.807, 2.05) is 30.9 Å². The Labute approximate surface area is 164 Å². The molecule has 3 N–H and O–H groups in total. The number of nitrogens with one attached hydrogen (secondary N) is 2. The largest absolute Gasteiger partial charge is 0.395 e. The summed E-state index contributed by atoms with van der Waals surface area (Å²) in [5.41, 5.74) is 3.60. The number of nitrogens with zero attached hydrogens (tertiary/aromatic N) is 1. The average molecular weight is 390 g/mol. The molecular weight excluding hydrogens is 362 g/mol. The first kappa shape index (κ1) is 19.8. The Kier molecular flexibility index (Phi) is 6.46. The van der Waals surface area contributed by atoms with Crippen LogP contribution >= 0.6 is 12.2 Å². The summed E-state index contributed by atoms with van der Waals surface area (Å²) < 4.78 is 5.60. The minimum Gasteiger partial charge on any atom is -0.395 e. The highest BCUT2D eigenvalue weighted by Crippen LogP contribution is 2.19. The number of aromatic nitrogens is 1. The number of aliphatic hydroxyl groups is 1. The van der Waals surface area contributed by atoms with Crippen molar-refractivity contribution in [2.24, 2.45) is 0 Å². The number of rotatable bonds is 6. The fraction of sp³-hybridized carbons (Fsp3) is 0.500. The molecule has 1 saturated heterocycles. The summed E-state index contributed by atoms with van der Waals surface area (Å²) in [5, 5.41) is 14.1. The maximum absolute atomic E-state index is 12.6. The van der Waals surface area contributed by atoms with Crippen LogP contribution in [0.25, 0.3) is 10.9 Å². The summed E-state index contributed by atoms with van der Waals surface area (Å²) in [6.45, 7) is 6.15. The smallest absolute Gasteiger partial charge is 0.253 e. The molecule has 0 radical (unpaired) electrons. The topological polar surface area (TPSA) is 77.6 Å². The first-order valence-corrected chi connectivity index (χ1v) is 9.77. The van der Waals surface area contributed by atoms with Gasteiger partial charge < -0.3 is 25.0 Å². The molecule has 1 aliphatic heterocycles. The highest BCUT2D eigenvalue weighted by molar-refractivity contribution is 7.80. The molecule has 0 aliphatic carbocycles. The fourth-order valence-corrected chi connectivity index (χ4v) is 3.62. The number of aliphatic hydroxyl groups excluding tert-OH is 1. The van der Waals surface area contributed by atoms with E-state index in [0.717, 1.165) is 41.5 Å². The summed E-state index contributed by atoms with van der Waals surface area (Å²) in [7, 11) is 0. The molecule has 1 aromatic heterocycles. The second-order valence-corrected chi connectivity index (χ2v) is 7.45. The molecule has 0 spiro atoms. The zero-order valence-corrected chi connectivity index (χ0v) is 16.7. The van der Waals surface area contributed by atoms with Crippen molar-refractivity contribution in [3.63, 3.8) is 0 Å². The summed E-state index contributed by atoms with van der Waals surface area (Å²) in [6.07, 6.45) is 2.28. The molecule has 0 unspecified atom stereocenters. The Bertz CT molecular complexity index is 875. The molecule has 0 saturated carbocycles. The van der Waals surface area contributed by atoms with Crippen LogP contribution in [0, 0.1) is 13.8 Å². The predicted octanol–water partition coefficient (Wildman–Crippen LogP) is 1.99. The number of thiocarbonyl (C=S) groups is 1. The Balaban J connectivity index is 1.77. The zero-order chi connectivity index (χ0) is 19.4. The lowest BCUT2D eigenvalue weighted by atomic mass is 10.0. The Morgan fingerprint density at radius 1 is 1.44 bits per heavy atom. The zero-order valence-electron chi connectivity index (χ0n) is 15.9. The van der Waals surface area contributed by atoms with Gasteiger partial charge in [-0.05, 0) is 61.5 Å². The first-order chi connectivity index (χ1) is 13.0. The van der Waals surface area contributed by atoms with Gasteiger partial charge in [0.15, 0.2) is 5.11 Å². The van der Waals surface area contributed by atoms with E-state index in [9.17, 15) is 9.90 Å². The van der Waals surface area contributed by atoms with Crippen LogP contribution in [0.3, 0.4) is 0 Å². The van der Waals surface area contributed by atoms with E-state index in [4.69, 9.17) is 17.0 Å². The van der Waals surface area contributed by atoms with Crippen LogP contribution < -0.4 is 10.9 Å². The molecule has 7 heteroatoms. The van der Waals surface area contributed by atoms with Crippen molar-refractivity contribution in [3.05, 3.63) is 45.2 Å². The average Bonchev–Trinajstić information content (AvgIpc) is 3.17. The van der Waals surface area contributed by atoms with Gasteiger partial charge in [-0.1, -0.05) is 12.1 Å². The van der Waals surface area contributed by atoms with Crippen molar-refractivity contribution < 1.29 is 9.84 Å². The molecule has 2 aromatic rings. The standard InChI is InChI=1S/C20H27N3O3S/c1-13-5-6-15-10-16(19(25)22-18(15)14(13)2)12-23(7-8-24)20(27)21-11-17-4-3-9-26-17/h5-6,10,17,24H,3-4,7-9,11-12H2,1-2H3,(H,21,27)(H,22,25)/t17-/m0/s1. The van der Waals surface area contributed by atoms with E-state index in [2.05, 4.69) is 16.4 Å². The van der Waals surface area contributed by atoms with Gasteiger partial charge in [-0.25, -0.2) is 0 Å². The first-order valence-electron chi connectivity index (χ1n) is 9.37. The normalized spacial score (nSPS) is 16.6. The van der Waals surface area contributed by atoms with Gasteiger partial charge in [0, 0.05) is 25.3 Å². The van der Waals surface area contributed by atoms with Crippen molar-refractivity contribution in [3.8, 4) is 0 Å². The number of aryl methyl sites for hydroxylation is 2. The quantitative estimate of drug-likeness (QED) is 0.656. The monoisotopic (exact) mass is 389 g/mol. The van der Waals surface area contributed by atoms with Crippen molar-refractivity contribution in [2.75, 3.05) is 26.3 Å². The fourth-order valence-electron chi connectivity index (χ4n) is 3.38. The van der Waals surface area contributed by atoms with Gasteiger partial charge in [-0.2, -0.15) is 0 Å². The molecule has 27 heavy (non-hydrogen) atoms. The van der Waals surface area contributed by atoms with Gasteiger partial charge in [0.1, 0.15) is 0 Å². The van der Waals surface area contributed by atoms with E-state index >= 15 is 0 Å². The number of benzene rings is 1. The van der Waals surface area contributed by atoms with Crippen LogP contribution in [0.1, 0.15) is 29.5 Å². The number of H-pyrrole nitrogens is 1. The Morgan fingerprint density at radius 3 is 2.96 bits per heavy atom. The molecule has 0 amide bonds. The van der Waals surface area contributed by atoms with E-state index in [-0.39, 0.29) is 18.3 Å². The van der Waals surface area contributed by atoms with Crippen molar-refractivity contribution >= 4 is 28.2 Å². The van der Waals surface area contributed by atoms with Gasteiger partial charge in [-0.15, -0.1) is 0 Å². The van der Waals surface area contributed by atoms with Crippen LogP contribution in [0.2, 0.25) is 0 Å². The van der Waals surface area contributed by atoms with E-state index < -0.39 is 0 Å². The lowest BCUT2D eigenvalue weighted by Crippen LogP contribution is -2.44. The number of hydrogen-bond acceptors (Lipinski definition) is 4. The van der Waals surface area contributed by atoms with Gasteiger partial charge in [-0.3, -0.25) is 4.79 Å². The van der Waals surface area contributed by atoms with E-state index in [1.165, 1.54) is 0 Å². The summed E-state index contributed by atoms with van der Waals surface area (Å²) >= 11 is 5.49. The van der Waals surface area contributed by atoms with Gasteiger partial charge in [0.2, 0.25) is 0 Å². The van der Waals surface area contributed by atoms with Crippen molar-refractivity contribution in [1.29, 1.82) is 0 Å². The number of pyridine rings is 1. The number of fused-ring (bicyclic) bond motifs is 1. The maximum Gasteiger partial charge on any atom is 0.253 e. The van der Waals surface area contributed by atoms with Crippen LogP contribution in [0.5, 0.6) is 0 Å². The molecule has 1 aromatic carbocycles. The highest BCUT2D eigenvalue weighted by Gasteiger charge is 2.18. The number of hydrogen-bond donors (Lipinski definition) is 3. The molecule has 2 heterocycles. The maximum atomic E-state index is 12.6. The van der Waals surface area contributed by atoms with Crippen LogP contribution in [0.4, 0.5) is 0 Å². The predicted molar refractivity (Wildman–Crippen MR) is 111 cm³/mol. The van der Waals surface area contributed by atoms with Crippen LogP contribution in [-0.2, 0) is 11.3 Å². The van der Waals surface area contributed by atoms with Crippen molar-refractivity contribution in [2.45, 2.75) is 39.3 Å². The molecule has 146 valence electrons. The minimum absolute atomic E-state index is 0.0362. The Morgan fingerprint density at radius 2 is 2.26 bits per heavy atom. The third-order valence-corrected chi connectivity index (χ3v) is 5.55. The lowest BCUT2D eigenvalue weighted by Gasteiger charge is -2.26. The van der Waals surface area contributed by atoms with Gasteiger partial charge in [0.25, 0.3) is 5.56 Å². The molecule has 6 nitrogen and oxygen atoms in total. The summed E-state index contributed by atoms with van der Waals surface area (Å²) in [6, 6.07) is 5.98. The summed E-state index contributed by atoms with van der Waals surface area (Å²) in [5.74, 6) is 0. The lowest BCUT2D eigenvalue weighted by molar-refractivity contribution is 0.113. The second kappa shape index (κ2) is 8.82. The van der Waals surface area contributed by atoms with Gasteiger partial charge in [0.05, 0.1) is 24.8 Å². The SMILES string of the molecule is Cc1ccc2cc(CN(CCO)C(=S)NC[C@@H]3CCCO3)c(=O)[nH]c2c1C. The second-order valence-electron chi connectivity index (χ2n) is 7.06. The van der Waals surface area contributed by atoms with Crippen molar-refractivity contribution in [1.82, 2.24) is 15.2 Å². The molecule has 1 aliphatic rings. The van der Waals surface area contributed by atoms with E-state index in [0.29, 0.717) is 30.3 Å². The number of ether oxygens (including phenoxy) is 1. The molecular formula is C20H27N3O3S. The van der Waals surface area contributed by atoms with E-state index in [1.54, 1.807) is 0 Å². The molecule has 1 fully saturated rings. The summed E-state index contributed by atoms with van der Waals surface area (Å²) in [4.78, 5) is 17.4. The van der Waals surface area contributed by atoms with Crippen LogP contribution in [0.15, 0.2) is 23.0 Å². The van der Waals surface area contributed by atoms with Gasteiger partial charge >= 0.3 is 0 Å². The molecule has 1 atom stereocenters. The van der Waals surface area contributed by atoms with Crippen LogP contribution in [-0.4, -0.2) is 52.5 Å². The molecule has 3 rings (SSSR count). The third kappa shape index (κ3) is 4.66. The third-order valence-electron chi connectivity index (χ3n) is 5.15. The Hall–Kier alpha value is -1.96. The highest BCUT2D eigenvalue weighted by atomic mass is 32.1.